The minimum Gasteiger partial charge on any atom is -0.361 e. The number of H-pyrrole nitrogens is 1. The van der Waals surface area contributed by atoms with Gasteiger partial charge < -0.3 is 15.2 Å². The second-order valence-corrected chi connectivity index (χ2v) is 6.80. The van der Waals surface area contributed by atoms with Gasteiger partial charge in [-0.3, -0.25) is 4.79 Å². The van der Waals surface area contributed by atoms with Crippen molar-refractivity contribution in [2.24, 2.45) is 0 Å². The number of rotatable bonds is 8. The molecule has 0 aliphatic heterocycles. The summed E-state index contributed by atoms with van der Waals surface area (Å²) in [5, 5.41) is 4.18. The van der Waals surface area contributed by atoms with Crippen molar-refractivity contribution < 1.29 is 4.79 Å². The molecule has 3 aromatic rings. The van der Waals surface area contributed by atoms with E-state index in [2.05, 4.69) is 44.2 Å². The van der Waals surface area contributed by atoms with E-state index in [1.54, 1.807) is 6.07 Å². The molecule has 6 nitrogen and oxygen atoms in total. The third kappa shape index (κ3) is 4.64. The first kappa shape index (κ1) is 18.9. The summed E-state index contributed by atoms with van der Waals surface area (Å²) in [7, 11) is 2.00. The van der Waals surface area contributed by atoms with Gasteiger partial charge in [0, 0.05) is 43.3 Å². The summed E-state index contributed by atoms with van der Waals surface area (Å²) in [6.07, 6.45) is 4.98. The maximum Gasteiger partial charge on any atom is 0.270 e. The van der Waals surface area contributed by atoms with Gasteiger partial charge in [-0.15, -0.1) is 0 Å². The minimum absolute atomic E-state index is 0.162. The molecule has 142 valence electrons. The predicted octanol–water partition coefficient (Wildman–Crippen LogP) is 3.48. The zero-order valence-electron chi connectivity index (χ0n) is 16.2. The third-order valence-corrected chi connectivity index (χ3v) is 4.65. The molecule has 27 heavy (non-hydrogen) atoms. The molecule has 0 saturated carbocycles. The summed E-state index contributed by atoms with van der Waals surface area (Å²) in [6, 6.07) is 9.95. The molecule has 0 spiro atoms. The van der Waals surface area contributed by atoms with Gasteiger partial charge in [-0.1, -0.05) is 31.5 Å². The van der Waals surface area contributed by atoms with E-state index < -0.39 is 0 Å². The molecule has 1 aromatic carbocycles. The Morgan fingerprint density at radius 2 is 2.07 bits per heavy atom. The molecule has 2 N–H and O–H groups in total. The van der Waals surface area contributed by atoms with Crippen LogP contribution in [0.1, 0.15) is 41.6 Å². The summed E-state index contributed by atoms with van der Waals surface area (Å²) >= 11 is 0. The van der Waals surface area contributed by atoms with Gasteiger partial charge in [-0.2, -0.15) is 0 Å². The van der Waals surface area contributed by atoms with E-state index in [0.717, 1.165) is 37.1 Å². The minimum atomic E-state index is -0.162. The molecule has 0 atom stereocenters. The number of carbonyl (C=O) groups excluding carboxylic acids is 1. The third-order valence-electron chi connectivity index (χ3n) is 4.65. The molecule has 0 aliphatic carbocycles. The molecule has 0 saturated heterocycles. The molecule has 0 fully saturated rings. The number of para-hydroxylation sites is 1. The maximum atomic E-state index is 12.6. The molecular formula is C21H27N5O. The molecule has 3 rings (SSSR count). The summed E-state index contributed by atoms with van der Waals surface area (Å²) < 4.78 is 0. The first-order valence-corrected chi connectivity index (χ1v) is 9.48. The fourth-order valence-electron chi connectivity index (χ4n) is 3.11. The number of nitrogens with one attached hydrogen (secondary N) is 2. The average molecular weight is 365 g/mol. The molecule has 0 radical (unpaired) electrons. The van der Waals surface area contributed by atoms with Crippen molar-refractivity contribution in [2.45, 2.75) is 33.1 Å². The van der Waals surface area contributed by atoms with Gasteiger partial charge in [0.05, 0.1) is 0 Å². The molecule has 0 bridgehead atoms. The number of anilines is 1. The van der Waals surface area contributed by atoms with Crippen LogP contribution in [0.5, 0.6) is 0 Å². The molecule has 6 heteroatoms. The van der Waals surface area contributed by atoms with E-state index in [1.165, 1.54) is 10.9 Å². The topological polar surface area (TPSA) is 73.9 Å². The number of carbonyl (C=O) groups is 1. The van der Waals surface area contributed by atoms with Crippen LogP contribution in [0.4, 0.5) is 5.82 Å². The van der Waals surface area contributed by atoms with E-state index in [-0.39, 0.29) is 5.91 Å². The number of fused-ring (bicyclic) bond motifs is 1. The molecule has 0 aliphatic rings. The molecule has 0 unspecified atom stereocenters. The largest absolute Gasteiger partial charge is 0.361 e. The van der Waals surface area contributed by atoms with Crippen LogP contribution < -0.4 is 10.2 Å². The average Bonchev–Trinajstić information content (AvgIpc) is 3.08. The highest BCUT2D eigenvalue weighted by Gasteiger charge is 2.13. The van der Waals surface area contributed by atoms with Gasteiger partial charge in [0.25, 0.3) is 5.91 Å². The number of unbranched alkanes of at least 4 members (excludes halogenated alkanes) is 1. The predicted molar refractivity (Wildman–Crippen MR) is 109 cm³/mol. The fourth-order valence-corrected chi connectivity index (χ4v) is 3.11. The second kappa shape index (κ2) is 8.66. The van der Waals surface area contributed by atoms with Crippen LogP contribution in [0.25, 0.3) is 10.9 Å². The van der Waals surface area contributed by atoms with E-state index in [9.17, 15) is 4.79 Å². The number of aromatic amines is 1. The van der Waals surface area contributed by atoms with Crippen molar-refractivity contribution in [3.05, 3.63) is 53.6 Å². The lowest BCUT2D eigenvalue weighted by Gasteiger charge is -2.18. The van der Waals surface area contributed by atoms with Crippen molar-refractivity contribution in [3.8, 4) is 0 Å². The van der Waals surface area contributed by atoms with Crippen LogP contribution in [0.15, 0.2) is 36.5 Å². The number of hydrogen-bond acceptors (Lipinski definition) is 4. The number of aromatic nitrogens is 3. The lowest BCUT2D eigenvalue weighted by Crippen LogP contribution is -2.28. The maximum absolute atomic E-state index is 12.6. The van der Waals surface area contributed by atoms with Crippen molar-refractivity contribution in [3.63, 3.8) is 0 Å². The van der Waals surface area contributed by atoms with Crippen LogP contribution in [0.3, 0.4) is 0 Å². The van der Waals surface area contributed by atoms with Gasteiger partial charge in [0.1, 0.15) is 17.3 Å². The van der Waals surface area contributed by atoms with E-state index >= 15 is 0 Å². The zero-order chi connectivity index (χ0) is 19.2. The van der Waals surface area contributed by atoms with Crippen molar-refractivity contribution >= 4 is 22.6 Å². The van der Waals surface area contributed by atoms with Crippen molar-refractivity contribution in [1.29, 1.82) is 0 Å². The lowest BCUT2D eigenvalue weighted by atomic mass is 10.1. The Labute approximate surface area is 160 Å². The highest BCUT2D eigenvalue weighted by Crippen LogP contribution is 2.18. The van der Waals surface area contributed by atoms with E-state index in [0.29, 0.717) is 18.1 Å². The quantitative estimate of drug-likeness (QED) is 0.641. The van der Waals surface area contributed by atoms with Crippen LogP contribution in [0, 0.1) is 6.92 Å². The second-order valence-electron chi connectivity index (χ2n) is 6.80. The zero-order valence-corrected chi connectivity index (χ0v) is 16.2. The fraction of sp³-hybridized carbons (Fsp3) is 0.381. The number of nitrogens with zero attached hydrogens (tertiary/aromatic N) is 3. The highest BCUT2D eigenvalue weighted by molar-refractivity contribution is 5.93. The van der Waals surface area contributed by atoms with Crippen molar-refractivity contribution in [1.82, 2.24) is 20.3 Å². The van der Waals surface area contributed by atoms with E-state index in [4.69, 9.17) is 0 Å². The number of amides is 1. The molecule has 1 amide bonds. The number of benzene rings is 1. The summed E-state index contributed by atoms with van der Waals surface area (Å²) in [5.41, 5.74) is 2.73. The Kier molecular flexibility index (Phi) is 6.06. The smallest absolute Gasteiger partial charge is 0.270 e. The van der Waals surface area contributed by atoms with Crippen LogP contribution in [-0.2, 0) is 6.42 Å². The standard InChI is InChI=1S/C21H27N5O/c1-4-5-12-26(3)20-13-19(24-15(2)25-20)21(27)22-11-10-16-14-23-18-9-7-6-8-17(16)18/h6-9,13-14,23H,4-5,10-12H2,1-3H3,(H,22,27). The van der Waals surface area contributed by atoms with Gasteiger partial charge in [-0.05, 0) is 31.4 Å². The van der Waals surface area contributed by atoms with Gasteiger partial charge in [0.15, 0.2) is 0 Å². The normalized spacial score (nSPS) is 10.9. The Bertz CT molecular complexity index is 918. The Balaban J connectivity index is 1.63. The number of aryl methyl sites for hydroxylation is 1. The van der Waals surface area contributed by atoms with Crippen LogP contribution in [0.2, 0.25) is 0 Å². The van der Waals surface area contributed by atoms with Crippen molar-refractivity contribution in [2.75, 3.05) is 25.0 Å². The first-order valence-electron chi connectivity index (χ1n) is 9.48. The van der Waals surface area contributed by atoms with Gasteiger partial charge >= 0.3 is 0 Å². The van der Waals surface area contributed by atoms with Crippen LogP contribution in [-0.4, -0.2) is 41.0 Å². The summed E-state index contributed by atoms with van der Waals surface area (Å²) in [5.74, 6) is 1.24. The van der Waals surface area contributed by atoms with Gasteiger partial charge in [0.2, 0.25) is 0 Å². The number of hydrogen-bond donors (Lipinski definition) is 2. The first-order chi connectivity index (χ1) is 13.1. The van der Waals surface area contributed by atoms with Crippen LogP contribution >= 0.6 is 0 Å². The monoisotopic (exact) mass is 365 g/mol. The SMILES string of the molecule is CCCCN(C)c1cc(C(=O)NCCc2c[nH]c3ccccc23)nc(C)n1. The lowest BCUT2D eigenvalue weighted by molar-refractivity contribution is 0.0949. The summed E-state index contributed by atoms with van der Waals surface area (Å²) in [6.45, 7) is 5.45. The van der Waals surface area contributed by atoms with Gasteiger partial charge in [-0.25, -0.2) is 9.97 Å². The van der Waals surface area contributed by atoms with E-state index in [1.807, 2.05) is 32.3 Å². The Morgan fingerprint density at radius 1 is 1.26 bits per heavy atom. The highest BCUT2D eigenvalue weighted by atomic mass is 16.1. The molecule has 2 aromatic heterocycles. The molecular weight excluding hydrogens is 338 g/mol. The Hall–Kier alpha value is -2.89. The Morgan fingerprint density at radius 3 is 2.89 bits per heavy atom. The molecule has 2 heterocycles. The summed E-state index contributed by atoms with van der Waals surface area (Å²) in [4.78, 5) is 26.6.